The number of rotatable bonds is 6. The van der Waals surface area contributed by atoms with Crippen LogP contribution in [0.2, 0.25) is 0 Å². The lowest BCUT2D eigenvalue weighted by atomic mass is 10.1. The maximum absolute atomic E-state index is 10.6. The molecular weight excluding hydrogens is 192 g/mol. The third kappa shape index (κ3) is 5.88. The molecule has 0 aliphatic carbocycles. The minimum Gasteiger partial charge on any atom is -0.479 e. The van der Waals surface area contributed by atoms with Crippen molar-refractivity contribution in [3.63, 3.8) is 0 Å². The first kappa shape index (κ1) is 12.7. The standard InChI is InChI=1S/C9H17ClO3/c1-7(10)5-4-6-13-9(2,3)8(11)12/h7H,4-6H2,1-3H3,(H,11,12). The fraction of sp³-hybridized carbons (Fsp3) is 0.889. The molecule has 1 atom stereocenters. The zero-order valence-electron chi connectivity index (χ0n) is 8.34. The number of hydrogen-bond donors (Lipinski definition) is 1. The molecule has 0 saturated heterocycles. The van der Waals surface area contributed by atoms with E-state index in [4.69, 9.17) is 21.4 Å². The monoisotopic (exact) mass is 208 g/mol. The Hall–Kier alpha value is -0.280. The van der Waals surface area contributed by atoms with Gasteiger partial charge in [0.05, 0.1) is 0 Å². The molecule has 0 amide bonds. The van der Waals surface area contributed by atoms with Gasteiger partial charge in [-0.05, 0) is 33.6 Å². The van der Waals surface area contributed by atoms with Crippen LogP contribution in [0.25, 0.3) is 0 Å². The lowest BCUT2D eigenvalue weighted by Crippen LogP contribution is -2.35. The van der Waals surface area contributed by atoms with Gasteiger partial charge in [-0.1, -0.05) is 0 Å². The van der Waals surface area contributed by atoms with Gasteiger partial charge in [-0.25, -0.2) is 4.79 Å². The predicted octanol–water partition coefficient (Wildman–Crippen LogP) is 2.27. The van der Waals surface area contributed by atoms with Gasteiger partial charge in [-0.2, -0.15) is 0 Å². The molecule has 0 aliphatic heterocycles. The smallest absolute Gasteiger partial charge is 0.335 e. The molecular formula is C9H17ClO3. The molecule has 0 saturated carbocycles. The van der Waals surface area contributed by atoms with Crippen molar-refractivity contribution in [2.24, 2.45) is 0 Å². The van der Waals surface area contributed by atoms with Crippen LogP contribution in [0.3, 0.4) is 0 Å². The molecule has 0 aromatic carbocycles. The second kappa shape index (κ2) is 5.45. The Balaban J connectivity index is 3.58. The lowest BCUT2D eigenvalue weighted by molar-refractivity contribution is -0.161. The Morgan fingerprint density at radius 1 is 1.62 bits per heavy atom. The molecule has 13 heavy (non-hydrogen) atoms. The average Bonchev–Trinajstić information content (AvgIpc) is 1.97. The third-order valence-corrected chi connectivity index (χ3v) is 1.94. The predicted molar refractivity (Wildman–Crippen MR) is 52.2 cm³/mol. The fourth-order valence-electron chi connectivity index (χ4n) is 0.754. The fourth-order valence-corrected chi connectivity index (χ4v) is 0.908. The second-order valence-electron chi connectivity index (χ2n) is 3.59. The van der Waals surface area contributed by atoms with Crippen LogP contribution in [0, 0.1) is 0 Å². The summed E-state index contributed by atoms with van der Waals surface area (Å²) in [6.07, 6.45) is 1.64. The second-order valence-corrected chi connectivity index (χ2v) is 4.33. The molecule has 1 N–H and O–H groups in total. The van der Waals surface area contributed by atoms with E-state index in [-0.39, 0.29) is 5.38 Å². The van der Waals surface area contributed by atoms with Gasteiger partial charge in [-0.3, -0.25) is 0 Å². The van der Waals surface area contributed by atoms with Crippen LogP contribution < -0.4 is 0 Å². The Labute approximate surface area is 84.0 Å². The molecule has 3 nitrogen and oxygen atoms in total. The van der Waals surface area contributed by atoms with Gasteiger partial charge in [0.15, 0.2) is 5.60 Å². The normalized spacial score (nSPS) is 14.2. The van der Waals surface area contributed by atoms with Gasteiger partial charge in [0.25, 0.3) is 0 Å². The largest absolute Gasteiger partial charge is 0.479 e. The molecule has 0 spiro atoms. The molecule has 0 radical (unpaired) electrons. The molecule has 78 valence electrons. The lowest BCUT2D eigenvalue weighted by Gasteiger charge is -2.19. The van der Waals surface area contributed by atoms with Gasteiger partial charge in [0.2, 0.25) is 0 Å². The Morgan fingerprint density at radius 3 is 2.54 bits per heavy atom. The van der Waals surface area contributed by atoms with Crippen molar-refractivity contribution in [2.45, 2.75) is 44.6 Å². The van der Waals surface area contributed by atoms with Crippen molar-refractivity contribution in [1.29, 1.82) is 0 Å². The van der Waals surface area contributed by atoms with E-state index < -0.39 is 11.6 Å². The van der Waals surface area contributed by atoms with E-state index in [1.54, 1.807) is 13.8 Å². The summed E-state index contributed by atoms with van der Waals surface area (Å²) in [7, 11) is 0. The van der Waals surface area contributed by atoms with Gasteiger partial charge < -0.3 is 9.84 Å². The number of halogens is 1. The van der Waals surface area contributed by atoms with E-state index in [1.165, 1.54) is 0 Å². The molecule has 0 bridgehead atoms. The van der Waals surface area contributed by atoms with Gasteiger partial charge >= 0.3 is 5.97 Å². The number of hydrogen-bond acceptors (Lipinski definition) is 2. The van der Waals surface area contributed by atoms with E-state index in [2.05, 4.69) is 0 Å². The highest BCUT2D eigenvalue weighted by Gasteiger charge is 2.27. The van der Waals surface area contributed by atoms with Crippen LogP contribution in [-0.4, -0.2) is 28.7 Å². The van der Waals surface area contributed by atoms with Crippen LogP contribution in [0.4, 0.5) is 0 Å². The highest BCUT2D eigenvalue weighted by molar-refractivity contribution is 6.20. The number of carboxylic acid groups (broad SMARTS) is 1. The maximum atomic E-state index is 10.6. The number of alkyl halides is 1. The highest BCUT2D eigenvalue weighted by atomic mass is 35.5. The minimum absolute atomic E-state index is 0.122. The highest BCUT2D eigenvalue weighted by Crippen LogP contribution is 2.11. The Morgan fingerprint density at radius 2 is 2.15 bits per heavy atom. The first-order chi connectivity index (χ1) is 5.86. The zero-order valence-corrected chi connectivity index (χ0v) is 9.10. The van der Waals surface area contributed by atoms with Crippen molar-refractivity contribution in [3.8, 4) is 0 Å². The SMILES string of the molecule is CC(Cl)CCCOC(C)(C)C(=O)O. The van der Waals surface area contributed by atoms with Crippen molar-refractivity contribution in [1.82, 2.24) is 0 Å². The molecule has 0 aliphatic rings. The topological polar surface area (TPSA) is 46.5 Å². The maximum Gasteiger partial charge on any atom is 0.335 e. The van der Waals surface area contributed by atoms with E-state index in [0.29, 0.717) is 6.61 Å². The summed E-state index contributed by atoms with van der Waals surface area (Å²) in [4.78, 5) is 10.6. The Bertz CT molecular complexity index is 166. The molecule has 0 aromatic rings. The average molecular weight is 209 g/mol. The molecule has 4 heteroatoms. The van der Waals surface area contributed by atoms with Crippen LogP contribution in [0.15, 0.2) is 0 Å². The van der Waals surface area contributed by atoms with E-state index >= 15 is 0 Å². The molecule has 1 unspecified atom stereocenters. The Kier molecular flexibility index (Phi) is 5.33. The van der Waals surface area contributed by atoms with Crippen LogP contribution >= 0.6 is 11.6 Å². The van der Waals surface area contributed by atoms with Crippen molar-refractivity contribution < 1.29 is 14.6 Å². The number of ether oxygens (including phenoxy) is 1. The van der Waals surface area contributed by atoms with Gasteiger partial charge in [0, 0.05) is 12.0 Å². The zero-order chi connectivity index (χ0) is 10.5. The molecule has 0 rings (SSSR count). The van der Waals surface area contributed by atoms with Crippen LogP contribution in [-0.2, 0) is 9.53 Å². The summed E-state index contributed by atoms with van der Waals surface area (Å²) < 4.78 is 5.18. The molecule has 0 heterocycles. The van der Waals surface area contributed by atoms with Crippen LogP contribution in [0.1, 0.15) is 33.6 Å². The summed E-state index contributed by atoms with van der Waals surface area (Å²) in [5.41, 5.74) is -1.09. The number of aliphatic carboxylic acids is 1. The van der Waals surface area contributed by atoms with Gasteiger partial charge in [-0.15, -0.1) is 11.6 Å². The quantitative estimate of drug-likeness (QED) is 0.538. The van der Waals surface area contributed by atoms with E-state index in [9.17, 15) is 4.79 Å². The van der Waals surface area contributed by atoms with Gasteiger partial charge in [0.1, 0.15) is 0 Å². The van der Waals surface area contributed by atoms with Crippen molar-refractivity contribution in [2.75, 3.05) is 6.61 Å². The first-order valence-electron chi connectivity index (χ1n) is 4.37. The molecule has 0 fully saturated rings. The minimum atomic E-state index is -1.09. The molecule has 0 aromatic heterocycles. The van der Waals surface area contributed by atoms with E-state index in [1.807, 2.05) is 6.92 Å². The summed E-state index contributed by atoms with van der Waals surface area (Å²) in [6, 6.07) is 0. The first-order valence-corrected chi connectivity index (χ1v) is 4.81. The number of carbonyl (C=O) groups is 1. The summed E-state index contributed by atoms with van der Waals surface area (Å²) >= 11 is 5.72. The summed E-state index contributed by atoms with van der Waals surface area (Å²) in [6.45, 7) is 5.43. The third-order valence-electron chi connectivity index (χ3n) is 1.72. The number of carboxylic acids is 1. The van der Waals surface area contributed by atoms with Crippen LogP contribution in [0.5, 0.6) is 0 Å². The van der Waals surface area contributed by atoms with Crippen molar-refractivity contribution >= 4 is 17.6 Å². The summed E-state index contributed by atoms with van der Waals surface area (Å²) in [5.74, 6) is -0.938. The summed E-state index contributed by atoms with van der Waals surface area (Å²) in [5, 5.41) is 8.82. The van der Waals surface area contributed by atoms with E-state index in [0.717, 1.165) is 12.8 Å². The van der Waals surface area contributed by atoms with Crippen molar-refractivity contribution in [3.05, 3.63) is 0 Å².